The molecule has 1 aliphatic rings. The Morgan fingerprint density at radius 2 is 2.18 bits per heavy atom. The summed E-state index contributed by atoms with van der Waals surface area (Å²) in [6, 6.07) is 7.14. The Bertz CT molecular complexity index is 904. The second-order valence-corrected chi connectivity index (χ2v) is 8.11. The number of aryl methyl sites for hydroxylation is 1. The Morgan fingerprint density at radius 1 is 1.39 bits per heavy atom. The van der Waals surface area contributed by atoms with Crippen LogP contribution in [0.15, 0.2) is 18.2 Å². The maximum atomic E-state index is 13.9. The average molecular weight is 403 g/mol. The van der Waals surface area contributed by atoms with Gasteiger partial charge in [-0.15, -0.1) is 11.3 Å². The number of nitriles is 1. The lowest BCUT2D eigenvalue weighted by atomic mass is 9.96. The molecule has 0 aliphatic heterocycles. The lowest BCUT2D eigenvalue weighted by Crippen LogP contribution is -3.11. The molecule has 0 spiro atoms. The fourth-order valence-corrected chi connectivity index (χ4v) is 4.85. The highest BCUT2D eigenvalue weighted by Crippen LogP contribution is 2.37. The molecule has 1 amide bonds. The van der Waals surface area contributed by atoms with Gasteiger partial charge in [0.2, 0.25) is 0 Å². The number of benzene rings is 1. The number of fused-ring (bicyclic) bond motifs is 1. The molecule has 1 unspecified atom stereocenters. The SMILES string of the molecule is CC[NH+](CC(=O)Nc1sc2c(c1C#N)CCCC2)Cc1ccc(OC)c(F)c1. The summed E-state index contributed by atoms with van der Waals surface area (Å²) < 4.78 is 18.9. The number of thiophene rings is 1. The van der Waals surface area contributed by atoms with Crippen molar-refractivity contribution in [2.45, 2.75) is 39.2 Å². The number of anilines is 1. The normalized spacial score (nSPS) is 14.1. The minimum Gasteiger partial charge on any atom is -0.494 e. The van der Waals surface area contributed by atoms with Crippen molar-refractivity contribution < 1.29 is 18.8 Å². The molecule has 0 saturated carbocycles. The molecule has 5 nitrogen and oxygen atoms in total. The van der Waals surface area contributed by atoms with Crippen molar-refractivity contribution in [3.63, 3.8) is 0 Å². The van der Waals surface area contributed by atoms with Crippen molar-refractivity contribution in [2.75, 3.05) is 25.5 Å². The third kappa shape index (κ3) is 4.51. The van der Waals surface area contributed by atoms with Gasteiger partial charge in [-0.25, -0.2) is 4.39 Å². The first-order valence-corrected chi connectivity index (χ1v) is 10.4. The molecule has 2 aromatic rings. The fraction of sp³-hybridized carbons (Fsp3) is 0.429. The van der Waals surface area contributed by atoms with Gasteiger partial charge in [0.05, 0.1) is 19.2 Å². The van der Waals surface area contributed by atoms with Gasteiger partial charge in [0.25, 0.3) is 5.91 Å². The van der Waals surface area contributed by atoms with Crippen LogP contribution < -0.4 is 15.0 Å². The van der Waals surface area contributed by atoms with E-state index in [-0.39, 0.29) is 18.2 Å². The molecule has 1 aliphatic carbocycles. The van der Waals surface area contributed by atoms with Gasteiger partial charge in [-0.2, -0.15) is 5.26 Å². The molecule has 1 aromatic heterocycles. The number of carbonyl (C=O) groups is 1. The largest absolute Gasteiger partial charge is 0.494 e. The van der Waals surface area contributed by atoms with E-state index >= 15 is 0 Å². The van der Waals surface area contributed by atoms with E-state index in [0.717, 1.165) is 48.3 Å². The van der Waals surface area contributed by atoms with Gasteiger partial charge in [-0.1, -0.05) is 0 Å². The standard InChI is InChI=1S/C21H24FN3O2S/c1-3-25(12-14-8-9-18(27-2)17(22)10-14)13-20(26)24-21-16(11-23)15-6-4-5-7-19(15)28-21/h8-10H,3-7,12-13H2,1-2H3,(H,24,26)/p+1. The number of quaternary nitrogens is 1. The number of rotatable bonds is 7. The molecule has 7 heteroatoms. The molecule has 28 heavy (non-hydrogen) atoms. The molecule has 3 rings (SSSR count). The van der Waals surface area contributed by atoms with Crippen LogP contribution in [0.1, 0.15) is 41.3 Å². The van der Waals surface area contributed by atoms with E-state index in [1.807, 2.05) is 13.0 Å². The van der Waals surface area contributed by atoms with E-state index in [0.29, 0.717) is 17.1 Å². The number of ether oxygens (including phenoxy) is 1. The number of likely N-dealkylation sites (N-methyl/N-ethyl adjacent to an activating group) is 1. The first kappa shape index (κ1) is 20.3. The summed E-state index contributed by atoms with van der Waals surface area (Å²) in [6.07, 6.45) is 4.13. The van der Waals surface area contributed by atoms with Crippen molar-refractivity contribution in [3.8, 4) is 11.8 Å². The summed E-state index contributed by atoms with van der Waals surface area (Å²) in [7, 11) is 1.43. The van der Waals surface area contributed by atoms with Gasteiger partial charge in [-0.05, 0) is 56.4 Å². The van der Waals surface area contributed by atoms with E-state index in [2.05, 4.69) is 11.4 Å². The minimum absolute atomic E-state index is 0.124. The van der Waals surface area contributed by atoms with Gasteiger partial charge in [-0.3, -0.25) is 4.79 Å². The third-order valence-corrected chi connectivity index (χ3v) is 6.32. The van der Waals surface area contributed by atoms with Crippen LogP contribution in [-0.4, -0.2) is 26.1 Å². The van der Waals surface area contributed by atoms with Crippen molar-refractivity contribution in [2.24, 2.45) is 0 Å². The molecule has 2 N–H and O–H groups in total. The topological polar surface area (TPSA) is 66.6 Å². The smallest absolute Gasteiger partial charge is 0.280 e. The zero-order chi connectivity index (χ0) is 20.1. The number of hydrogen-bond donors (Lipinski definition) is 2. The molecule has 0 radical (unpaired) electrons. The van der Waals surface area contributed by atoms with Crippen molar-refractivity contribution in [1.82, 2.24) is 0 Å². The number of hydrogen-bond acceptors (Lipinski definition) is 4. The Morgan fingerprint density at radius 3 is 2.86 bits per heavy atom. The Labute approximate surface area is 168 Å². The van der Waals surface area contributed by atoms with Gasteiger partial charge in [0, 0.05) is 10.4 Å². The number of halogens is 1. The zero-order valence-corrected chi connectivity index (χ0v) is 17.0. The van der Waals surface area contributed by atoms with Gasteiger partial charge in [0.15, 0.2) is 18.1 Å². The Balaban J connectivity index is 1.65. The zero-order valence-electron chi connectivity index (χ0n) is 16.2. The molecule has 0 saturated heterocycles. The maximum absolute atomic E-state index is 13.9. The van der Waals surface area contributed by atoms with Crippen molar-refractivity contribution >= 4 is 22.2 Å². The summed E-state index contributed by atoms with van der Waals surface area (Å²) in [5, 5.41) is 13.1. The molecule has 1 atom stereocenters. The summed E-state index contributed by atoms with van der Waals surface area (Å²) in [5.74, 6) is -0.311. The highest BCUT2D eigenvalue weighted by atomic mass is 32.1. The molecule has 0 bridgehead atoms. The molecule has 1 aromatic carbocycles. The summed E-state index contributed by atoms with van der Waals surface area (Å²) in [6.45, 7) is 3.52. The lowest BCUT2D eigenvalue weighted by Gasteiger charge is -2.17. The predicted molar refractivity (Wildman–Crippen MR) is 107 cm³/mol. The van der Waals surface area contributed by atoms with Crippen LogP contribution in [0.5, 0.6) is 5.75 Å². The molecule has 148 valence electrons. The van der Waals surface area contributed by atoms with E-state index in [9.17, 15) is 14.4 Å². The number of carbonyl (C=O) groups excluding carboxylic acids is 1. The maximum Gasteiger partial charge on any atom is 0.280 e. The van der Waals surface area contributed by atoms with Crippen LogP contribution in [0.4, 0.5) is 9.39 Å². The van der Waals surface area contributed by atoms with Crippen molar-refractivity contribution in [1.29, 1.82) is 5.26 Å². The van der Waals surface area contributed by atoms with E-state index in [1.165, 1.54) is 29.4 Å². The average Bonchev–Trinajstić information content (AvgIpc) is 3.04. The van der Waals surface area contributed by atoms with Crippen LogP contribution in [0.2, 0.25) is 0 Å². The van der Waals surface area contributed by atoms with Gasteiger partial charge < -0.3 is 15.0 Å². The molecular weight excluding hydrogens is 377 g/mol. The fourth-order valence-electron chi connectivity index (χ4n) is 3.59. The molecule has 0 fully saturated rings. The van der Waals surface area contributed by atoms with Crippen LogP contribution in [-0.2, 0) is 24.2 Å². The van der Waals surface area contributed by atoms with E-state index in [1.54, 1.807) is 6.07 Å². The third-order valence-electron chi connectivity index (χ3n) is 5.12. The van der Waals surface area contributed by atoms with Crippen LogP contribution in [0.25, 0.3) is 0 Å². The Kier molecular flexibility index (Phi) is 6.65. The van der Waals surface area contributed by atoms with Gasteiger partial charge >= 0.3 is 0 Å². The second kappa shape index (κ2) is 9.18. The summed E-state index contributed by atoms with van der Waals surface area (Å²) in [4.78, 5) is 14.8. The van der Waals surface area contributed by atoms with E-state index < -0.39 is 5.82 Å². The van der Waals surface area contributed by atoms with Crippen LogP contribution in [0, 0.1) is 17.1 Å². The number of amides is 1. The second-order valence-electron chi connectivity index (χ2n) is 7.00. The molecule has 1 heterocycles. The quantitative estimate of drug-likeness (QED) is 0.748. The number of nitrogens with one attached hydrogen (secondary N) is 2. The van der Waals surface area contributed by atoms with Crippen molar-refractivity contribution in [3.05, 3.63) is 45.6 Å². The lowest BCUT2D eigenvalue weighted by molar-refractivity contribution is -0.903. The number of methoxy groups -OCH3 is 1. The summed E-state index contributed by atoms with van der Waals surface area (Å²) in [5.41, 5.74) is 2.55. The first-order chi connectivity index (χ1) is 13.5. The Hall–Kier alpha value is -2.43. The predicted octanol–water partition coefficient (Wildman–Crippen LogP) is 2.69. The molecular formula is C21H25FN3O2S+. The highest BCUT2D eigenvalue weighted by Gasteiger charge is 2.23. The van der Waals surface area contributed by atoms with E-state index in [4.69, 9.17) is 4.74 Å². The van der Waals surface area contributed by atoms with Crippen LogP contribution in [0.3, 0.4) is 0 Å². The van der Waals surface area contributed by atoms with Crippen LogP contribution >= 0.6 is 11.3 Å². The first-order valence-electron chi connectivity index (χ1n) is 9.56. The summed E-state index contributed by atoms with van der Waals surface area (Å²) >= 11 is 1.53. The minimum atomic E-state index is -0.400. The monoisotopic (exact) mass is 402 g/mol. The highest BCUT2D eigenvalue weighted by molar-refractivity contribution is 7.16. The van der Waals surface area contributed by atoms with Gasteiger partial charge in [0.1, 0.15) is 17.6 Å². The number of nitrogens with zero attached hydrogens (tertiary/aromatic N) is 1.